The van der Waals surface area contributed by atoms with Crippen LogP contribution in [0.4, 0.5) is 11.4 Å². The lowest BCUT2D eigenvalue weighted by molar-refractivity contribution is -0.384. The number of hydrogen-bond acceptors (Lipinski definition) is 5. The number of nitrogens with one attached hydrogen (secondary N) is 1. The Bertz CT molecular complexity index is 737. The van der Waals surface area contributed by atoms with Crippen molar-refractivity contribution in [1.82, 2.24) is 4.90 Å². The number of anilines is 1. The van der Waals surface area contributed by atoms with Crippen LogP contribution in [0.1, 0.15) is 5.56 Å². The quantitative estimate of drug-likeness (QED) is 0.657. The van der Waals surface area contributed by atoms with Crippen LogP contribution in [0.15, 0.2) is 54.6 Å². The molecule has 3 rings (SSSR count). The number of nitrogens with zero attached hydrogens (tertiary/aromatic N) is 2. The molecule has 1 aliphatic rings. The molecule has 1 N–H and O–H groups in total. The largest absolute Gasteiger partial charge is 0.325 e. The van der Waals surface area contributed by atoms with E-state index in [1.165, 1.54) is 12.1 Å². The molecule has 0 spiro atoms. The number of carbonyl (C=O) groups is 1. The smallest absolute Gasteiger partial charge is 0.269 e. The monoisotopic (exact) mass is 357 g/mol. The molecule has 2 aromatic rings. The predicted molar refractivity (Wildman–Crippen MR) is 99.7 cm³/mol. The summed E-state index contributed by atoms with van der Waals surface area (Å²) in [6.45, 7) is 2.25. The summed E-state index contributed by atoms with van der Waals surface area (Å²) >= 11 is 1.67. The molecular weight excluding hydrogens is 338 g/mol. The second-order valence-electron chi connectivity index (χ2n) is 5.87. The molecule has 1 fully saturated rings. The molecule has 0 aromatic heterocycles. The molecule has 25 heavy (non-hydrogen) atoms. The molecule has 1 amide bonds. The fraction of sp³-hybridized carbons (Fsp3) is 0.278. The summed E-state index contributed by atoms with van der Waals surface area (Å²) in [5, 5.41) is 13.6. The van der Waals surface area contributed by atoms with E-state index >= 15 is 0 Å². The van der Waals surface area contributed by atoms with Crippen LogP contribution in [0.3, 0.4) is 0 Å². The highest BCUT2D eigenvalue weighted by molar-refractivity contribution is 8.00. The first-order valence-electron chi connectivity index (χ1n) is 8.05. The van der Waals surface area contributed by atoms with Gasteiger partial charge in [0.1, 0.15) is 0 Å². The van der Waals surface area contributed by atoms with Crippen LogP contribution in [-0.4, -0.2) is 39.8 Å². The van der Waals surface area contributed by atoms with Crippen molar-refractivity contribution in [1.29, 1.82) is 0 Å². The number of nitro benzene ring substituents is 1. The molecule has 1 atom stereocenters. The van der Waals surface area contributed by atoms with Gasteiger partial charge in [-0.2, -0.15) is 0 Å². The van der Waals surface area contributed by atoms with E-state index in [0.29, 0.717) is 13.1 Å². The van der Waals surface area contributed by atoms with Gasteiger partial charge in [-0.25, -0.2) is 0 Å². The van der Waals surface area contributed by atoms with E-state index < -0.39 is 4.92 Å². The zero-order valence-electron chi connectivity index (χ0n) is 13.6. The van der Waals surface area contributed by atoms with Gasteiger partial charge in [0.05, 0.1) is 10.2 Å². The van der Waals surface area contributed by atoms with Crippen molar-refractivity contribution in [2.24, 2.45) is 0 Å². The van der Waals surface area contributed by atoms with Gasteiger partial charge >= 0.3 is 0 Å². The van der Waals surface area contributed by atoms with Crippen molar-refractivity contribution in [3.05, 3.63) is 70.3 Å². The molecule has 1 saturated heterocycles. The molecule has 0 radical (unpaired) electrons. The minimum absolute atomic E-state index is 0.0181. The Morgan fingerprint density at radius 1 is 1.20 bits per heavy atom. The van der Waals surface area contributed by atoms with Gasteiger partial charge in [-0.15, -0.1) is 11.8 Å². The van der Waals surface area contributed by atoms with Crippen molar-refractivity contribution >= 4 is 29.0 Å². The van der Waals surface area contributed by atoms with Gasteiger partial charge in [-0.3, -0.25) is 19.8 Å². The van der Waals surface area contributed by atoms with E-state index in [1.54, 1.807) is 23.9 Å². The molecule has 2 aromatic carbocycles. The number of nitro groups is 1. The number of amides is 1. The van der Waals surface area contributed by atoms with E-state index in [1.807, 2.05) is 30.3 Å². The summed E-state index contributed by atoms with van der Waals surface area (Å²) in [5.74, 6) is 0.907. The summed E-state index contributed by atoms with van der Waals surface area (Å²) < 4.78 is 0. The predicted octanol–water partition coefficient (Wildman–Crippen LogP) is 3.15. The lowest BCUT2D eigenvalue weighted by atomic mass is 10.2. The molecule has 1 aliphatic heterocycles. The fourth-order valence-electron chi connectivity index (χ4n) is 2.73. The number of rotatable bonds is 5. The van der Waals surface area contributed by atoms with E-state index in [2.05, 4.69) is 10.2 Å². The third-order valence-corrected chi connectivity index (χ3v) is 5.22. The topological polar surface area (TPSA) is 75.5 Å². The standard InChI is InChI=1S/C18H19N3O3S/c22-18(19-15-4-2-1-3-5-15)17-13-20(10-11-25-17)12-14-6-8-16(9-7-14)21(23)24/h1-9,17H,10-13H2,(H,19,22). The van der Waals surface area contributed by atoms with Crippen LogP contribution in [0.5, 0.6) is 0 Å². The van der Waals surface area contributed by atoms with Crippen LogP contribution in [-0.2, 0) is 11.3 Å². The van der Waals surface area contributed by atoms with Crippen LogP contribution in [0.25, 0.3) is 0 Å². The molecule has 0 aliphatic carbocycles. The molecule has 0 saturated carbocycles. The van der Waals surface area contributed by atoms with Gasteiger partial charge in [-0.1, -0.05) is 30.3 Å². The maximum atomic E-state index is 12.5. The number of carbonyl (C=O) groups excluding carboxylic acids is 1. The van der Waals surface area contributed by atoms with Gasteiger partial charge in [0, 0.05) is 43.2 Å². The maximum Gasteiger partial charge on any atom is 0.269 e. The molecule has 6 nitrogen and oxygen atoms in total. The Labute approximate surface area is 150 Å². The molecule has 1 heterocycles. The number of hydrogen-bond donors (Lipinski definition) is 1. The molecule has 1 unspecified atom stereocenters. The molecular formula is C18H19N3O3S. The highest BCUT2D eigenvalue weighted by atomic mass is 32.2. The first-order valence-corrected chi connectivity index (χ1v) is 9.10. The van der Waals surface area contributed by atoms with E-state index in [9.17, 15) is 14.9 Å². The average molecular weight is 357 g/mol. The number of benzene rings is 2. The SMILES string of the molecule is O=C(Nc1ccccc1)C1CN(Cc2ccc([N+](=O)[O-])cc2)CCS1. The number of thioether (sulfide) groups is 1. The minimum Gasteiger partial charge on any atom is -0.325 e. The van der Waals surface area contributed by atoms with Gasteiger partial charge < -0.3 is 5.32 Å². The van der Waals surface area contributed by atoms with E-state index in [0.717, 1.165) is 23.5 Å². The Morgan fingerprint density at radius 3 is 2.60 bits per heavy atom. The normalized spacial score (nSPS) is 17.8. The summed E-state index contributed by atoms with van der Waals surface area (Å²) in [5.41, 5.74) is 1.92. The van der Waals surface area contributed by atoms with E-state index in [-0.39, 0.29) is 16.8 Å². The zero-order valence-corrected chi connectivity index (χ0v) is 14.4. The highest BCUT2D eigenvalue weighted by Crippen LogP contribution is 2.22. The first kappa shape index (κ1) is 17.4. The summed E-state index contributed by atoms with van der Waals surface area (Å²) in [6.07, 6.45) is 0. The highest BCUT2D eigenvalue weighted by Gasteiger charge is 2.26. The Hall–Kier alpha value is -2.38. The van der Waals surface area contributed by atoms with E-state index in [4.69, 9.17) is 0 Å². The van der Waals surface area contributed by atoms with Crippen molar-refractivity contribution < 1.29 is 9.72 Å². The van der Waals surface area contributed by atoms with Crippen molar-refractivity contribution in [3.8, 4) is 0 Å². The van der Waals surface area contributed by atoms with Crippen LogP contribution >= 0.6 is 11.8 Å². The van der Waals surface area contributed by atoms with Gasteiger partial charge in [0.15, 0.2) is 0 Å². The van der Waals surface area contributed by atoms with Gasteiger partial charge in [0.2, 0.25) is 5.91 Å². The van der Waals surface area contributed by atoms with Crippen molar-refractivity contribution in [2.45, 2.75) is 11.8 Å². The Balaban J connectivity index is 1.57. The Morgan fingerprint density at radius 2 is 1.92 bits per heavy atom. The molecule has 0 bridgehead atoms. The first-order chi connectivity index (χ1) is 12.1. The van der Waals surface area contributed by atoms with Crippen LogP contribution in [0, 0.1) is 10.1 Å². The summed E-state index contributed by atoms with van der Waals surface area (Å²) in [4.78, 5) is 25.0. The molecule has 7 heteroatoms. The van der Waals surface area contributed by atoms with Crippen molar-refractivity contribution in [2.75, 3.05) is 24.2 Å². The third kappa shape index (κ3) is 4.80. The number of para-hydroxylation sites is 1. The van der Waals surface area contributed by atoms with Crippen LogP contribution < -0.4 is 5.32 Å². The van der Waals surface area contributed by atoms with Crippen LogP contribution in [0.2, 0.25) is 0 Å². The minimum atomic E-state index is -0.398. The lowest BCUT2D eigenvalue weighted by Crippen LogP contribution is -2.42. The number of non-ortho nitro benzene ring substituents is 1. The fourth-order valence-corrected chi connectivity index (χ4v) is 3.90. The maximum absolute atomic E-state index is 12.5. The molecule has 130 valence electrons. The summed E-state index contributed by atoms with van der Waals surface area (Å²) in [7, 11) is 0. The average Bonchev–Trinajstić information content (AvgIpc) is 2.63. The zero-order chi connectivity index (χ0) is 17.6. The second kappa shape index (κ2) is 8.13. The third-order valence-electron chi connectivity index (χ3n) is 4.04. The Kier molecular flexibility index (Phi) is 5.67. The lowest BCUT2D eigenvalue weighted by Gasteiger charge is -2.31. The van der Waals surface area contributed by atoms with Gasteiger partial charge in [-0.05, 0) is 17.7 Å². The summed E-state index contributed by atoms with van der Waals surface area (Å²) in [6, 6.07) is 16.0. The van der Waals surface area contributed by atoms with Gasteiger partial charge in [0.25, 0.3) is 5.69 Å². The van der Waals surface area contributed by atoms with Crippen molar-refractivity contribution in [3.63, 3.8) is 0 Å². The second-order valence-corrected chi connectivity index (χ2v) is 7.18.